The molecule has 1 aromatic heterocycles. The van der Waals surface area contributed by atoms with Gasteiger partial charge in [-0.1, -0.05) is 6.07 Å². The minimum Gasteiger partial charge on any atom is -0.444 e. The molecule has 7 heteroatoms. The van der Waals surface area contributed by atoms with Gasteiger partial charge in [0.1, 0.15) is 11.4 Å². The van der Waals surface area contributed by atoms with Gasteiger partial charge in [-0.25, -0.2) is 14.6 Å². The fraction of sp³-hybridized carbons (Fsp3) is 0.562. The van der Waals surface area contributed by atoms with Gasteiger partial charge in [-0.05, 0) is 45.7 Å². The number of nitrogens with one attached hydrogen (secondary N) is 2. The van der Waals surface area contributed by atoms with Crippen LogP contribution in [0, 0.1) is 0 Å². The van der Waals surface area contributed by atoms with Crippen LogP contribution >= 0.6 is 0 Å². The second-order valence-corrected chi connectivity index (χ2v) is 6.52. The van der Waals surface area contributed by atoms with E-state index in [0.717, 1.165) is 12.8 Å². The zero-order chi connectivity index (χ0) is 16.9. The van der Waals surface area contributed by atoms with Crippen LogP contribution in [0.5, 0.6) is 0 Å². The maximum atomic E-state index is 12.2. The number of carbonyl (C=O) groups excluding carboxylic acids is 2. The fourth-order valence-corrected chi connectivity index (χ4v) is 2.42. The van der Waals surface area contributed by atoms with Crippen molar-refractivity contribution >= 4 is 17.9 Å². The molecule has 0 aliphatic carbocycles. The van der Waals surface area contributed by atoms with E-state index < -0.39 is 5.60 Å². The van der Waals surface area contributed by atoms with Crippen LogP contribution in [-0.4, -0.2) is 46.7 Å². The lowest BCUT2D eigenvalue weighted by Crippen LogP contribution is -2.45. The fourth-order valence-electron chi connectivity index (χ4n) is 2.42. The van der Waals surface area contributed by atoms with Gasteiger partial charge in [0.05, 0.1) is 6.04 Å². The zero-order valence-corrected chi connectivity index (χ0v) is 13.8. The van der Waals surface area contributed by atoms with Gasteiger partial charge in [0.2, 0.25) is 0 Å². The number of rotatable bonds is 3. The number of ether oxygens (including phenoxy) is 1. The summed E-state index contributed by atoms with van der Waals surface area (Å²) in [5.74, 6) is 0.487. The molecule has 1 fully saturated rings. The van der Waals surface area contributed by atoms with Crippen LogP contribution < -0.4 is 10.6 Å². The summed E-state index contributed by atoms with van der Waals surface area (Å²) in [4.78, 5) is 29.8. The van der Waals surface area contributed by atoms with Gasteiger partial charge in [-0.3, -0.25) is 5.32 Å². The Bertz CT molecular complexity index is 542. The van der Waals surface area contributed by atoms with E-state index in [2.05, 4.69) is 15.6 Å². The van der Waals surface area contributed by atoms with Crippen molar-refractivity contribution in [2.75, 3.05) is 18.4 Å². The van der Waals surface area contributed by atoms with Crippen LogP contribution in [0.15, 0.2) is 24.4 Å². The van der Waals surface area contributed by atoms with Crippen molar-refractivity contribution in [2.45, 2.75) is 45.3 Å². The average Bonchev–Trinajstić information content (AvgIpc) is 2.93. The smallest absolute Gasteiger partial charge is 0.410 e. The normalized spacial score (nSPS) is 17.7. The number of carbonyl (C=O) groups is 2. The lowest BCUT2D eigenvalue weighted by molar-refractivity contribution is 0.0228. The molecule has 0 aromatic carbocycles. The third-order valence-electron chi connectivity index (χ3n) is 3.41. The first-order valence-electron chi connectivity index (χ1n) is 7.81. The largest absolute Gasteiger partial charge is 0.444 e. The molecule has 1 saturated heterocycles. The molecule has 0 bridgehead atoms. The highest BCUT2D eigenvalue weighted by atomic mass is 16.6. The molecule has 1 aliphatic rings. The molecule has 1 aliphatic heterocycles. The molecule has 3 amide bonds. The molecular weight excluding hydrogens is 296 g/mol. The molecule has 0 radical (unpaired) electrons. The third-order valence-corrected chi connectivity index (χ3v) is 3.41. The third kappa shape index (κ3) is 5.43. The number of anilines is 1. The van der Waals surface area contributed by atoms with Crippen molar-refractivity contribution in [3.05, 3.63) is 24.4 Å². The van der Waals surface area contributed by atoms with Gasteiger partial charge < -0.3 is 15.0 Å². The first-order valence-corrected chi connectivity index (χ1v) is 7.81. The highest BCUT2D eigenvalue weighted by Gasteiger charge is 2.32. The van der Waals surface area contributed by atoms with E-state index in [0.29, 0.717) is 18.9 Å². The lowest BCUT2D eigenvalue weighted by atomic mass is 10.2. The molecule has 0 unspecified atom stereocenters. The summed E-state index contributed by atoms with van der Waals surface area (Å²) in [7, 11) is 0. The summed E-state index contributed by atoms with van der Waals surface area (Å²) in [5.41, 5.74) is -0.520. The number of amides is 3. The number of aromatic nitrogens is 1. The van der Waals surface area contributed by atoms with E-state index in [1.54, 1.807) is 29.3 Å². The van der Waals surface area contributed by atoms with E-state index in [-0.39, 0.29) is 18.2 Å². The number of urea groups is 1. The zero-order valence-electron chi connectivity index (χ0n) is 13.8. The Hall–Kier alpha value is -2.31. The van der Waals surface area contributed by atoms with Crippen LogP contribution in [0.2, 0.25) is 0 Å². The summed E-state index contributed by atoms with van der Waals surface area (Å²) < 4.78 is 5.40. The molecule has 0 saturated carbocycles. The van der Waals surface area contributed by atoms with Gasteiger partial charge >= 0.3 is 12.1 Å². The molecule has 7 nitrogen and oxygen atoms in total. The van der Waals surface area contributed by atoms with Crippen LogP contribution in [0.1, 0.15) is 33.6 Å². The minimum atomic E-state index is -0.520. The quantitative estimate of drug-likeness (QED) is 0.896. The summed E-state index contributed by atoms with van der Waals surface area (Å²) in [6, 6.07) is 4.91. The molecule has 2 heterocycles. The maximum Gasteiger partial charge on any atom is 0.410 e. The van der Waals surface area contributed by atoms with Crippen molar-refractivity contribution < 1.29 is 14.3 Å². The van der Waals surface area contributed by atoms with Gasteiger partial charge in [0.15, 0.2) is 0 Å². The summed E-state index contributed by atoms with van der Waals surface area (Å²) in [6.45, 7) is 6.57. The molecule has 1 aromatic rings. The Morgan fingerprint density at radius 1 is 1.39 bits per heavy atom. The molecule has 126 valence electrons. The first kappa shape index (κ1) is 17.1. The SMILES string of the molecule is CC(C)(C)OC(=O)N1CCC[C@H]1CNC(=O)Nc1ccccn1. The monoisotopic (exact) mass is 320 g/mol. The van der Waals surface area contributed by atoms with Gasteiger partial charge in [-0.2, -0.15) is 0 Å². The van der Waals surface area contributed by atoms with E-state index in [1.807, 2.05) is 20.8 Å². The van der Waals surface area contributed by atoms with Crippen LogP contribution in [0.4, 0.5) is 15.4 Å². The predicted octanol–water partition coefficient (Wildman–Crippen LogP) is 2.60. The van der Waals surface area contributed by atoms with Gasteiger partial charge in [0, 0.05) is 19.3 Å². The molecular formula is C16H24N4O3. The lowest BCUT2D eigenvalue weighted by Gasteiger charge is -2.28. The predicted molar refractivity (Wildman–Crippen MR) is 87.2 cm³/mol. The number of nitrogens with zero attached hydrogens (tertiary/aromatic N) is 2. The number of hydrogen-bond acceptors (Lipinski definition) is 4. The topological polar surface area (TPSA) is 83.6 Å². The van der Waals surface area contributed by atoms with Crippen molar-refractivity contribution in [3.8, 4) is 0 Å². The van der Waals surface area contributed by atoms with Crippen molar-refractivity contribution in [1.82, 2.24) is 15.2 Å². The Morgan fingerprint density at radius 2 is 2.17 bits per heavy atom. The summed E-state index contributed by atoms with van der Waals surface area (Å²) in [6.07, 6.45) is 3.04. The van der Waals surface area contributed by atoms with E-state index >= 15 is 0 Å². The second kappa shape index (κ2) is 7.30. The van der Waals surface area contributed by atoms with Crippen LogP contribution in [-0.2, 0) is 4.74 Å². The van der Waals surface area contributed by atoms with Crippen LogP contribution in [0.25, 0.3) is 0 Å². The highest BCUT2D eigenvalue weighted by Crippen LogP contribution is 2.20. The van der Waals surface area contributed by atoms with Crippen LogP contribution in [0.3, 0.4) is 0 Å². The number of pyridine rings is 1. The van der Waals surface area contributed by atoms with E-state index in [9.17, 15) is 9.59 Å². The molecule has 2 N–H and O–H groups in total. The standard InChI is InChI=1S/C16H24N4O3/c1-16(2,3)23-15(22)20-10-6-7-12(20)11-18-14(21)19-13-8-4-5-9-17-13/h4-5,8-9,12H,6-7,10-11H2,1-3H3,(H2,17,18,19,21)/t12-/m0/s1. The van der Waals surface area contributed by atoms with Crippen molar-refractivity contribution in [3.63, 3.8) is 0 Å². The Morgan fingerprint density at radius 3 is 2.83 bits per heavy atom. The molecule has 1 atom stereocenters. The van der Waals surface area contributed by atoms with Gasteiger partial charge in [-0.15, -0.1) is 0 Å². The Kier molecular flexibility index (Phi) is 5.41. The van der Waals surface area contributed by atoms with Crippen molar-refractivity contribution in [1.29, 1.82) is 0 Å². The Labute approximate surface area is 136 Å². The second-order valence-electron chi connectivity index (χ2n) is 6.52. The average molecular weight is 320 g/mol. The Balaban J connectivity index is 1.82. The van der Waals surface area contributed by atoms with Gasteiger partial charge in [0.25, 0.3) is 0 Å². The summed E-state index contributed by atoms with van der Waals surface area (Å²) in [5, 5.41) is 5.43. The maximum absolute atomic E-state index is 12.2. The number of hydrogen-bond donors (Lipinski definition) is 2. The molecule has 2 rings (SSSR count). The summed E-state index contributed by atoms with van der Waals surface area (Å²) >= 11 is 0. The van der Waals surface area contributed by atoms with Crippen molar-refractivity contribution in [2.24, 2.45) is 0 Å². The minimum absolute atomic E-state index is 0.0423. The first-order chi connectivity index (χ1) is 10.8. The highest BCUT2D eigenvalue weighted by molar-refractivity contribution is 5.88. The van der Waals surface area contributed by atoms with E-state index in [1.165, 1.54) is 0 Å². The molecule has 23 heavy (non-hydrogen) atoms. The molecule has 0 spiro atoms. The number of likely N-dealkylation sites (tertiary alicyclic amines) is 1. The van der Waals surface area contributed by atoms with E-state index in [4.69, 9.17) is 4.74 Å².